The van der Waals surface area contributed by atoms with Gasteiger partial charge in [0.2, 0.25) is 29.5 Å². The third kappa shape index (κ3) is 18.5. The van der Waals surface area contributed by atoms with Crippen molar-refractivity contribution in [2.75, 3.05) is 33.5 Å². The van der Waals surface area contributed by atoms with Gasteiger partial charge in [0.1, 0.15) is 41.4 Å². The maximum Gasteiger partial charge on any atom is 0.410 e. The van der Waals surface area contributed by atoms with E-state index < -0.39 is 99.2 Å². The van der Waals surface area contributed by atoms with Crippen molar-refractivity contribution in [3.8, 4) is 0 Å². The minimum Gasteiger partial charge on any atom is -0.468 e. The third-order valence-electron chi connectivity index (χ3n) is 16.8. The highest BCUT2D eigenvalue weighted by atomic mass is 32.2. The van der Waals surface area contributed by atoms with Gasteiger partial charge in [-0.25, -0.2) is 9.59 Å². The van der Waals surface area contributed by atoms with Crippen LogP contribution in [0, 0.1) is 11.3 Å². The van der Waals surface area contributed by atoms with Gasteiger partial charge in [-0.1, -0.05) is 93.6 Å². The number of amides is 7. The Bertz CT molecular complexity index is 2980. The van der Waals surface area contributed by atoms with Gasteiger partial charge in [-0.05, 0) is 159 Å². The Kier molecular flexibility index (Phi) is 23.0. The number of aryl methyl sites for hydroxylation is 2. The lowest BCUT2D eigenvalue weighted by Crippen LogP contribution is -2.60. The summed E-state index contributed by atoms with van der Waals surface area (Å²) in [6.45, 7) is 22.5. The van der Waals surface area contributed by atoms with E-state index in [2.05, 4.69) is 33.4 Å². The second-order valence-electron chi connectivity index (χ2n) is 27.3. The molecule has 3 aromatic carbocycles. The Morgan fingerprint density at radius 2 is 1.13 bits per heavy atom. The predicted molar refractivity (Wildman–Crippen MR) is 335 cm³/mol. The smallest absolute Gasteiger partial charge is 0.410 e. The van der Waals surface area contributed by atoms with Crippen LogP contribution in [0.1, 0.15) is 180 Å². The number of thioether (sulfide) groups is 1. The number of ketones is 1. The summed E-state index contributed by atoms with van der Waals surface area (Å²) in [6, 6.07) is 17.7. The number of carbonyl (C=O) groups excluding carboxylic acids is 9. The summed E-state index contributed by atoms with van der Waals surface area (Å²) in [6.07, 6.45) is 3.53. The van der Waals surface area contributed by atoms with Gasteiger partial charge in [0, 0.05) is 43.6 Å². The number of Topliss-reactive ketones (excluding diaryl/α,β-unsaturated/α-hetero) is 1. The van der Waals surface area contributed by atoms with Crippen LogP contribution in [-0.4, -0.2) is 148 Å². The standard InChI is InChI=1S/C67H95N7O12S/c1-40(72(14)62(82)85-65(6,7)8)57(77)70-55(67(12,13)87-39-54(76)84-16)53(75)37-46(59(79)68-50-29-21-25-44-23-17-19-27-48(44)50)35-42-31-33-43(34-32-42)47-36-52(60(80)69-51-30-22-26-45-24-18-20-28-49(45)51)74(38-47)61(81)56(64(3,4)5)71-58(78)41(2)73(15)63(83)86-66(9,10)11/h17-20,23-24,27-28,31-34,40-41,46-47,50-52,55-56H,21-22,25-26,29-30,35-39H2,1-16H3,(H,68,79)(H,69,80)(H,70,77)(H,71,78)/t40-,41-,46+,47?,50?,51?,52-,55+,56+/m0/s1. The first kappa shape index (κ1) is 69.1. The summed E-state index contributed by atoms with van der Waals surface area (Å²) in [7, 11) is 4.15. The van der Waals surface area contributed by atoms with E-state index in [0.29, 0.717) is 6.42 Å². The lowest BCUT2D eigenvalue weighted by Gasteiger charge is -2.37. The van der Waals surface area contributed by atoms with E-state index in [9.17, 15) is 33.6 Å². The second-order valence-corrected chi connectivity index (χ2v) is 28.9. The van der Waals surface area contributed by atoms with E-state index >= 15 is 9.59 Å². The maximum atomic E-state index is 15.2. The first-order valence-corrected chi connectivity index (χ1v) is 31.5. The van der Waals surface area contributed by atoms with Crippen LogP contribution in [0.2, 0.25) is 0 Å². The van der Waals surface area contributed by atoms with Crippen LogP contribution in [0.15, 0.2) is 72.8 Å². The summed E-state index contributed by atoms with van der Waals surface area (Å²) in [4.78, 5) is 131. The fourth-order valence-electron chi connectivity index (χ4n) is 11.5. The van der Waals surface area contributed by atoms with Gasteiger partial charge >= 0.3 is 18.2 Å². The first-order chi connectivity index (χ1) is 40.6. The Hall–Kier alpha value is -6.96. The highest BCUT2D eigenvalue weighted by molar-refractivity contribution is 8.01. The fraction of sp³-hybridized carbons (Fsp3) is 0.597. The number of nitrogens with zero attached hydrogens (tertiary/aromatic N) is 3. The number of likely N-dealkylation sites (tertiary alicyclic amines) is 1. The molecule has 2 aliphatic carbocycles. The van der Waals surface area contributed by atoms with Crippen molar-refractivity contribution < 1.29 is 57.4 Å². The Labute approximate surface area is 519 Å². The lowest BCUT2D eigenvalue weighted by molar-refractivity contribution is -0.144. The molecule has 7 amide bonds. The quantitative estimate of drug-likeness (QED) is 0.0576. The number of ether oxygens (including phenoxy) is 3. The van der Waals surface area contributed by atoms with Crippen molar-refractivity contribution in [2.24, 2.45) is 11.3 Å². The molecule has 1 fully saturated rings. The molecule has 1 heterocycles. The minimum atomic E-state index is -1.25. The van der Waals surface area contributed by atoms with Crippen molar-refractivity contribution in [3.05, 3.63) is 106 Å². The molecule has 0 spiro atoms. The number of rotatable bonds is 21. The molecule has 476 valence electrons. The zero-order valence-corrected chi connectivity index (χ0v) is 54.9. The molecule has 3 aromatic rings. The summed E-state index contributed by atoms with van der Waals surface area (Å²) < 4.78 is 14.9. The number of methoxy groups -OCH3 is 1. The monoisotopic (exact) mass is 1220 g/mol. The fourth-order valence-corrected chi connectivity index (χ4v) is 12.4. The van der Waals surface area contributed by atoms with Gasteiger partial charge in [-0.3, -0.25) is 43.4 Å². The third-order valence-corrected chi connectivity index (χ3v) is 18.1. The van der Waals surface area contributed by atoms with Crippen molar-refractivity contribution in [3.63, 3.8) is 0 Å². The van der Waals surface area contributed by atoms with Crippen molar-refractivity contribution in [1.29, 1.82) is 0 Å². The molecule has 1 aliphatic heterocycles. The van der Waals surface area contributed by atoms with E-state index in [1.54, 1.807) is 67.2 Å². The minimum absolute atomic E-state index is 0.109. The molecule has 0 bridgehead atoms. The molecule has 0 aromatic heterocycles. The van der Waals surface area contributed by atoms with E-state index in [1.165, 1.54) is 33.0 Å². The second kappa shape index (κ2) is 28.9. The molecule has 0 saturated carbocycles. The van der Waals surface area contributed by atoms with Gasteiger partial charge < -0.3 is 40.4 Å². The molecular weight excluding hydrogens is 1130 g/mol. The number of fused-ring (bicyclic) bond motifs is 2. The zero-order chi connectivity index (χ0) is 64.5. The summed E-state index contributed by atoms with van der Waals surface area (Å²) >= 11 is 1.12. The van der Waals surface area contributed by atoms with Crippen molar-refractivity contribution in [2.45, 2.75) is 212 Å². The SMILES string of the molecule is COC(=O)CSC(C)(C)[C@H](NC(=O)[C@H](C)N(C)C(=O)OC(C)(C)C)C(=O)C[C@@H](Cc1ccc(C2C[C@@H](C(=O)NC3CCCc4ccccc43)N(C(=O)[C@@H](NC(=O)[C@H](C)N(C)C(=O)OC(C)(C)C)C(C)(C)C)C2)cc1)C(=O)NC1CCCc2ccccc21. The first-order valence-electron chi connectivity index (χ1n) is 30.5. The molecule has 4 N–H and O–H groups in total. The molecule has 87 heavy (non-hydrogen) atoms. The maximum absolute atomic E-state index is 15.2. The van der Waals surface area contributed by atoms with Crippen LogP contribution < -0.4 is 21.3 Å². The number of carbonyl (C=O) groups is 9. The van der Waals surface area contributed by atoms with E-state index in [4.69, 9.17) is 14.2 Å². The molecule has 6 rings (SSSR count). The number of nitrogens with one attached hydrogen (secondary N) is 4. The average molecular weight is 1220 g/mol. The molecule has 19 nitrogen and oxygen atoms in total. The predicted octanol–water partition coefficient (Wildman–Crippen LogP) is 9.09. The topological polar surface area (TPSA) is 239 Å². The molecule has 3 unspecified atom stereocenters. The molecule has 20 heteroatoms. The Balaban J connectivity index is 1.31. The van der Waals surface area contributed by atoms with E-state index in [-0.39, 0.29) is 61.4 Å². The summed E-state index contributed by atoms with van der Waals surface area (Å²) in [5, 5.41) is 12.4. The molecule has 1 saturated heterocycles. The van der Waals surface area contributed by atoms with Crippen molar-refractivity contribution >= 4 is 65.2 Å². The number of hydrogen-bond acceptors (Lipinski definition) is 13. The zero-order valence-electron chi connectivity index (χ0n) is 54.1. The molecule has 9 atom stereocenters. The molecular formula is C67H95N7O12S. The van der Waals surface area contributed by atoms with Gasteiger partial charge in [-0.2, -0.15) is 0 Å². The van der Waals surface area contributed by atoms with Crippen molar-refractivity contribution in [1.82, 2.24) is 36.0 Å². The molecule has 3 aliphatic rings. The summed E-state index contributed by atoms with van der Waals surface area (Å²) in [5.41, 5.74) is 3.41. The van der Waals surface area contributed by atoms with Crippen LogP contribution >= 0.6 is 11.8 Å². The Morgan fingerprint density at radius 1 is 0.644 bits per heavy atom. The van der Waals surface area contributed by atoms with Crippen LogP contribution in [0.25, 0.3) is 0 Å². The number of hydrogen-bond donors (Lipinski definition) is 4. The highest BCUT2D eigenvalue weighted by Crippen LogP contribution is 2.38. The van der Waals surface area contributed by atoms with E-state index in [1.807, 2.05) is 81.4 Å². The normalized spacial score (nSPS) is 19.5. The number of likely N-dealkylation sites (N-methyl/N-ethyl adjacent to an activating group) is 2. The van der Waals surface area contributed by atoms with Crippen LogP contribution in [0.3, 0.4) is 0 Å². The van der Waals surface area contributed by atoms with Gasteiger partial charge in [0.05, 0.1) is 24.9 Å². The summed E-state index contributed by atoms with van der Waals surface area (Å²) in [5.74, 6) is -4.77. The van der Waals surface area contributed by atoms with Crippen LogP contribution in [-0.2, 0) is 67.0 Å². The average Bonchev–Trinajstić information content (AvgIpc) is 1.88. The Morgan fingerprint density at radius 3 is 1.61 bits per heavy atom. The largest absolute Gasteiger partial charge is 0.468 e. The number of esters is 1. The highest BCUT2D eigenvalue weighted by Gasteiger charge is 2.47. The van der Waals surface area contributed by atoms with Crippen LogP contribution in [0.4, 0.5) is 9.59 Å². The number of benzene rings is 3. The lowest BCUT2D eigenvalue weighted by atomic mass is 9.85. The molecule has 0 radical (unpaired) electrons. The van der Waals surface area contributed by atoms with Gasteiger partial charge in [-0.15, -0.1) is 11.8 Å². The van der Waals surface area contributed by atoms with Crippen LogP contribution in [0.5, 0.6) is 0 Å². The van der Waals surface area contributed by atoms with Gasteiger partial charge in [0.15, 0.2) is 5.78 Å². The van der Waals surface area contributed by atoms with Gasteiger partial charge in [0.25, 0.3) is 0 Å². The van der Waals surface area contributed by atoms with E-state index in [0.717, 1.165) is 82.1 Å².